The third kappa shape index (κ3) is 3.72. The van der Waals surface area contributed by atoms with Crippen molar-refractivity contribution >= 4 is 51.9 Å². The summed E-state index contributed by atoms with van der Waals surface area (Å²) < 4.78 is 9.17. The molecule has 160 valence electrons. The van der Waals surface area contributed by atoms with Crippen molar-refractivity contribution < 1.29 is 24.0 Å². The van der Waals surface area contributed by atoms with E-state index in [1.54, 1.807) is 38.8 Å². The normalized spacial score (nSPS) is 20.6. The Kier molecular flexibility index (Phi) is 6.27. The van der Waals surface area contributed by atoms with E-state index in [9.17, 15) is 19.7 Å². The molecule has 0 amide bonds. The summed E-state index contributed by atoms with van der Waals surface area (Å²) >= 11 is 2.28. The van der Waals surface area contributed by atoms with Gasteiger partial charge < -0.3 is 14.4 Å². The molecule has 0 saturated heterocycles. The smallest absolute Gasteiger partial charge is 0.365 e. The third-order valence-electron chi connectivity index (χ3n) is 4.37. The molecule has 1 aromatic carbocycles. The van der Waals surface area contributed by atoms with Crippen molar-refractivity contribution in [2.45, 2.75) is 25.1 Å². The first kappa shape index (κ1) is 22.0. The van der Waals surface area contributed by atoms with Crippen LogP contribution in [0.4, 0.5) is 11.4 Å². The van der Waals surface area contributed by atoms with Crippen LogP contribution < -0.4 is 5.01 Å². The fourth-order valence-corrected chi connectivity index (χ4v) is 5.75. The fraction of sp³-hybridized carbons (Fsp3) is 0.389. The van der Waals surface area contributed by atoms with Gasteiger partial charge in [0.2, 0.25) is 9.37 Å². The summed E-state index contributed by atoms with van der Waals surface area (Å²) in [5.74, 6) is -1.08. The number of nitrogens with zero attached hydrogens (tertiary/aromatic N) is 4. The van der Waals surface area contributed by atoms with E-state index in [4.69, 9.17) is 9.47 Å². The molecule has 2 aliphatic rings. The average molecular weight is 453 g/mol. The highest BCUT2D eigenvalue weighted by Gasteiger charge is 2.56. The first-order valence-electron chi connectivity index (χ1n) is 9.05. The summed E-state index contributed by atoms with van der Waals surface area (Å²) in [6.07, 6.45) is 0. The van der Waals surface area contributed by atoms with E-state index in [0.717, 1.165) is 11.8 Å². The van der Waals surface area contributed by atoms with E-state index in [0.29, 0.717) is 16.3 Å². The summed E-state index contributed by atoms with van der Waals surface area (Å²) in [7, 11) is 1.76. The van der Waals surface area contributed by atoms with Gasteiger partial charge in [-0.15, -0.1) is 0 Å². The summed E-state index contributed by atoms with van der Waals surface area (Å²) in [4.78, 5) is 37.8. The lowest BCUT2D eigenvalue weighted by atomic mass is 10.3. The molecule has 30 heavy (non-hydrogen) atoms. The van der Waals surface area contributed by atoms with Crippen LogP contribution in [0.5, 0.6) is 0 Å². The molecule has 10 nitrogen and oxygen atoms in total. The third-order valence-corrected chi connectivity index (χ3v) is 7.41. The second-order valence-electron chi connectivity index (χ2n) is 6.16. The van der Waals surface area contributed by atoms with E-state index < -0.39 is 21.2 Å². The number of esters is 2. The monoisotopic (exact) mass is 452 g/mol. The number of hydrazone groups is 1. The minimum atomic E-state index is -1.08. The Morgan fingerprint density at radius 2 is 1.87 bits per heavy atom. The number of carbonyl (C=O) groups is 2. The average Bonchev–Trinajstić information content (AvgIpc) is 3.23. The summed E-state index contributed by atoms with van der Waals surface area (Å²) in [6, 6.07) is 5.93. The largest absolute Gasteiger partial charge is 0.462 e. The molecule has 12 heteroatoms. The van der Waals surface area contributed by atoms with Crippen LogP contribution in [0, 0.1) is 10.1 Å². The molecule has 2 aliphatic heterocycles. The van der Waals surface area contributed by atoms with Gasteiger partial charge >= 0.3 is 11.9 Å². The number of ether oxygens (including phenoxy) is 2. The minimum absolute atomic E-state index is 0.0839. The van der Waals surface area contributed by atoms with Gasteiger partial charge in [0.1, 0.15) is 4.91 Å². The number of anilines is 1. The molecular weight excluding hydrogens is 432 g/mol. The van der Waals surface area contributed by atoms with Gasteiger partial charge in [0.25, 0.3) is 5.69 Å². The number of non-ortho nitro benzene ring substituents is 1. The summed E-state index contributed by atoms with van der Waals surface area (Å²) in [5, 5.41) is 17.2. The maximum Gasteiger partial charge on any atom is 0.365 e. The van der Waals surface area contributed by atoms with Gasteiger partial charge in [-0.25, -0.2) is 14.6 Å². The van der Waals surface area contributed by atoms with Crippen molar-refractivity contribution in [3.05, 3.63) is 45.0 Å². The Hall–Kier alpha value is -2.73. The maximum atomic E-state index is 12.5. The predicted molar refractivity (Wildman–Crippen MR) is 115 cm³/mol. The van der Waals surface area contributed by atoms with Crippen molar-refractivity contribution in [1.82, 2.24) is 4.90 Å². The van der Waals surface area contributed by atoms with Crippen LogP contribution in [0.3, 0.4) is 0 Å². The number of carbonyl (C=O) groups excluding carboxylic acids is 2. The lowest BCUT2D eigenvalue weighted by Gasteiger charge is -2.38. The van der Waals surface area contributed by atoms with Gasteiger partial charge in [-0.3, -0.25) is 10.1 Å². The maximum absolute atomic E-state index is 12.5. The van der Waals surface area contributed by atoms with Gasteiger partial charge in [0.05, 0.1) is 23.8 Å². The Labute approximate surface area is 181 Å². The van der Waals surface area contributed by atoms with Crippen LogP contribution in [-0.4, -0.2) is 51.4 Å². The number of allylic oxidation sites excluding steroid dienone is 1. The van der Waals surface area contributed by atoms with Crippen LogP contribution >= 0.6 is 23.5 Å². The quantitative estimate of drug-likeness (QED) is 0.362. The van der Waals surface area contributed by atoms with E-state index in [-0.39, 0.29) is 23.9 Å². The lowest BCUT2D eigenvalue weighted by Crippen LogP contribution is -2.47. The van der Waals surface area contributed by atoms with Gasteiger partial charge in [-0.1, -0.05) is 17.8 Å². The summed E-state index contributed by atoms with van der Waals surface area (Å²) in [6.45, 7) is 5.57. The van der Waals surface area contributed by atoms with Gasteiger partial charge in [0.15, 0.2) is 0 Å². The molecule has 0 radical (unpaired) electrons. The highest BCUT2D eigenvalue weighted by Crippen LogP contribution is 2.58. The van der Waals surface area contributed by atoms with Crippen LogP contribution in [0.2, 0.25) is 0 Å². The van der Waals surface area contributed by atoms with Gasteiger partial charge in [-0.2, -0.15) is 5.10 Å². The van der Waals surface area contributed by atoms with Crippen LogP contribution in [0.1, 0.15) is 20.8 Å². The summed E-state index contributed by atoms with van der Waals surface area (Å²) in [5.41, 5.74) is 0.920. The predicted octanol–water partition coefficient (Wildman–Crippen LogP) is 3.11. The van der Waals surface area contributed by atoms with Crippen molar-refractivity contribution in [2.24, 2.45) is 5.10 Å². The number of nitro benzene ring substituents is 1. The Bertz CT molecular complexity index is 966. The molecule has 0 N–H and O–H groups in total. The number of thioether (sulfide) groups is 2. The SMILES string of the molecule is CCOC(=O)C1=NN(c2cccc([N+](=O)[O-])c2)[C@]2(S1)SC(C(=O)OCC)=C(C)N2C. The number of hydrogen-bond donors (Lipinski definition) is 0. The van der Waals surface area contributed by atoms with E-state index in [1.165, 1.54) is 35.0 Å². The second-order valence-corrected chi connectivity index (χ2v) is 8.76. The standard InChI is InChI=1S/C18H20N4O6S2/c1-5-27-16(23)14-11(3)20(4)18(29-14)21(19-15(30-18)17(24)28-6-2)12-8-7-9-13(10-12)22(25)26/h7-10H,5-6H2,1-4H3/t18-/m0/s1. The molecule has 0 fully saturated rings. The van der Waals surface area contributed by atoms with E-state index in [1.807, 2.05) is 0 Å². The molecule has 0 saturated carbocycles. The second kappa shape index (κ2) is 8.56. The zero-order chi connectivity index (χ0) is 22.1. The van der Waals surface area contributed by atoms with E-state index in [2.05, 4.69) is 5.10 Å². The lowest BCUT2D eigenvalue weighted by molar-refractivity contribution is -0.384. The van der Waals surface area contributed by atoms with Gasteiger partial charge in [0, 0.05) is 24.9 Å². The van der Waals surface area contributed by atoms with Gasteiger partial charge in [-0.05, 0) is 38.6 Å². The zero-order valence-electron chi connectivity index (χ0n) is 16.8. The first-order chi connectivity index (χ1) is 14.2. The molecule has 1 aromatic rings. The number of nitro groups is 1. The molecule has 0 aliphatic carbocycles. The Morgan fingerprint density at radius 3 is 2.50 bits per heavy atom. The molecule has 0 unspecified atom stereocenters. The molecule has 1 spiro atoms. The molecule has 0 bridgehead atoms. The zero-order valence-corrected chi connectivity index (χ0v) is 18.4. The Morgan fingerprint density at radius 1 is 1.20 bits per heavy atom. The number of rotatable bonds is 6. The number of hydrogen-bond acceptors (Lipinski definition) is 11. The van der Waals surface area contributed by atoms with E-state index >= 15 is 0 Å². The fourth-order valence-electron chi connectivity index (χ4n) is 2.88. The van der Waals surface area contributed by atoms with Crippen molar-refractivity contribution in [3.63, 3.8) is 0 Å². The van der Waals surface area contributed by atoms with Crippen LogP contribution in [0.25, 0.3) is 0 Å². The molecule has 3 rings (SSSR count). The van der Waals surface area contributed by atoms with Crippen LogP contribution in [0.15, 0.2) is 40.0 Å². The molecule has 0 aromatic heterocycles. The molecule has 2 heterocycles. The minimum Gasteiger partial charge on any atom is -0.462 e. The topological polar surface area (TPSA) is 115 Å². The van der Waals surface area contributed by atoms with Crippen LogP contribution in [-0.2, 0) is 19.1 Å². The molecular formula is C18H20N4O6S2. The number of benzene rings is 1. The molecule has 1 atom stereocenters. The van der Waals surface area contributed by atoms with Crippen molar-refractivity contribution in [3.8, 4) is 0 Å². The first-order valence-corrected chi connectivity index (χ1v) is 10.7. The Balaban J connectivity index is 2.07. The highest BCUT2D eigenvalue weighted by atomic mass is 32.2. The highest BCUT2D eigenvalue weighted by molar-refractivity contribution is 8.28. The van der Waals surface area contributed by atoms with Crippen molar-refractivity contribution in [1.29, 1.82) is 0 Å². The van der Waals surface area contributed by atoms with Crippen molar-refractivity contribution in [2.75, 3.05) is 25.3 Å².